The monoisotopic (exact) mass is 248 g/mol. The molecule has 98 valence electrons. The zero-order valence-corrected chi connectivity index (χ0v) is 10.7. The SMILES string of the molecule is Cc1ccc(O)c(C(=O)NCC2CCNCC2)c1. The van der Waals surface area contributed by atoms with Crippen LogP contribution in [0.3, 0.4) is 0 Å². The lowest BCUT2D eigenvalue weighted by molar-refractivity contribution is 0.0941. The fourth-order valence-electron chi connectivity index (χ4n) is 2.25. The summed E-state index contributed by atoms with van der Waals surface area (Å²) in [5, 5.41) is 15.9. The van der Waals surface area contributed by atoms with E-state index in [2.05, 4.69) is 10.6 Å². The predicted octanol–water partition coefficient (Wildman–Crippen LogP) is 1.43. The lowest BCUT2D eigenvalue weighted by Crippen LogP contribution is -2.36. The number of benzene rings is 1. The number of rotatable bonds is 3. The van der Waals surface area contributed by atoms with Crippen LogP contribution in [-0.2, 0) is 0 Å². The van der Waals surface area contributed by atoms with Crippen LogP contribution in [0.2, 0.25) is 0 Å². The highest BCUT2D eigenvalue weighted by atomic mass is 16.3. The molecule has 1 aromatic carbocycles. The summed E-state index contributed by atoms with van der Waals surface area (Å²) in [6, 6.07) is 5.07. The normalized spacial score (nSPS) is 16.5. The van der Waals surface area contributed by atoms with Gasteiger partial charge in [0.05, 0.1) is 5.56 Å². The number of amides is 1. The minimum Gasteiger partial charge on any atom is -0.507 e. The third kappa shape index (κ3) is 3.23. The molecule has 1 aliphatic rings. The van der Waals surface area contributed by atoms with E-state index in [0.717, 1.165) is 31.5 Å². The van der Waals surface area contributed by atoms with E-state index in [1.807, 2.05) is 6.92 Å². The van der Waals surface area contributed by atoms with E-state index < -0.39 is 0 Å². The van der Waals surface area contributed by atoms with Gasteiger partial charge in [-0.3, -0.25) is 4.79 Å². The van der Waals surface area contributed by atoms with Gasteiger partial charge in [-0.15, -0.1) is 0 Å². The number of carbonyl (C=O) groups excluding carboxylic acids is 1. The predicted molar refractivity (Wildman–Crippen MR) is 70.8 cm³/mol. The molecule has 1 saturated heterocycles. The lowest BCUT2D eigenvalue weighted by atomic mass is 9.98. The van der Waals surface area contributed by atoms with Crippen molar-refractivity contribution in [3.05, 3.63) is 29.3 Å². The first-order valence-electron chi connectivity index (χ1n) is 6.45. The first-order valence-corrected chi connectivity index (χ1v) is 6.45. The number of piperidine rings is 1. The number of hydrogen-bond donors (Lipinski definition) is 3. The van der Waals surface area contributed by atoms with Crippen molar-refractivity contribution in [2.24, 2.45) is 5.92 Å². The molecule has 0 atom stereocenters. The highest BCUT2D eigenvalue weighted by Crippen LogP contribution is 2.18. The van der Waals surface area contributed by atoms with E-state index >= 15 is 0 Å². The molecule has 3 N–H and O–H groups in total. The van der Waals surface area contributed by atoms with Crippen LogP contribution in [0.15, 0.2) is 18.2 Å². The molecule has 1 fully saturated rings. The van der Waals surface area contributed by atoms with E-state index in [1.54, 1.807) is 18.2 Å². The summed E-state index contributed by atoms with van der Waals surface area (Å²) in [5.41, 5.74) is 1.34. The molecule has 18 heavy (non-hydrogen) atoms. The maximum absolute atomic E-state index is 12.0. The minimum absolute atomic E-state index is 0.0448. The zero-order valence-electron chi connectivity index (χ0n) is 10.7. The molecular weight excluding hydrogens is 228 g/mol. The van der Waals surface area contributed by atoms with Crippen molar-refractivity contribution in [2.45, 2.75) is 19.8 Å². The molecule has 0 radical (unpaired) electrons. The molecule has 1 amide bonds. The van der Waals surface area contributed by atoms with Crippen molar-refractivity contribution in [1.82, 2.24) is 10.6 Å². The summed E-state index contributed by atoms with van der Waals surface area (Å²) in [4.78, 5) is 12.0. The Morgan fingerprint density at radius 3 is 2.89 bits per heavy atom. The number of aromatic hydroxyl groups is 1. The number of aryl methyl sites for hydroxylation is 1. The van der Waals surface area contributed by atoms with Gasteiger partial charge in [-0.05, 0) is 50.9 Å². The third-order valence-corrected chi connectivity index (χ3v) is 3.41. The Hall–Kier alpha value is -1.55. The molecule has 2 rings (SSSR count). The molecule has 1 heterocycles. The average molecular weight is 248 g/mol. The van der Waals surface area contributed by atoms with Crippen molar-refractivity contribution in [3.8, 4) is 5.75 Å². The van der Waals surface area contributed by atoms with Gasteiger partial charge in [0.1, 0.15) is 5.75 Å². The number of phenols is 1. The fraction of sp³-hybridized carbons (Fsp3) is 0.500. The number of carbonyl (C=O) groups is 1. The van der Waals surface area contributed by atoms with Crippen LogP contribution in [-0.4, -0.2) is 30.6 Å². The van der Waals surface area contributed by atoms with E-state index in [-0.39, 0.29) is 11.7 Å². The van der Waals surface area contributed by atoms with Gasteiger partial charge in [0.2, 0.25) is 0 Å². The summed E-state index contributed by atoms with van der Waals surface area (Å²) in [7, 11) is 0. The highest BCUT2D eigenvalue weighted by molar-refractivity contribution is 5.96. The third-order valence-electron chi connectivity index (χ3n) is 3.41. The summed E-state index contributed by atoms with van der Waals surface area (Å²) < 4.78 is 0. The van der Waals surface area contributed by atoms with Crippen molar-refractivity contribution >= 4 is 5.91 Å². The zero-order chi connectivity index (χ0) is 13.0. The maximum atomic E-state index is 12.0. The molecule has 0 aromatic heterocycles. The molecular formula is C14H20N2O2. The summed E-state index contributed by atoms with van der Waals surface area (Å²) >= 11 is 0. The van der Waals surface area contributed by atoms with Crippen LogP contribution < -0.4 is 10.6 Å². The van der Waals surface area contributed by atoms with Crippen LogP contribution in [0.4, 0.5) is 0 Å². The van der Waals surface area contributed by atoms with Crippen LogP contribution in [0.5, 0.6) is 5.75 Å². The van der Waals surface area contributed by atoms with Gasteiger partial charge >= 0.3 is 0 Å². The fourth-order valence-corrected chi connectivity index (χ4v) is 2.25. The quantitative estimate of drug-likeness (QED) is 0.758. The van der Waals surface area contributed by atoms with Crippen LogP contribution >= 0.6 is 0 Å². The summed E-state index contributed by atoms with van der Waals surface area (Å²) in [6.45, 7) is 4.64. The second-order valence-corrected chi connectivity index (χ2v) is 4.92. The number of phenolic OH excluding ortho intramolecular Hbond substituents is 1. The van der Waals surface area contributed by atoms with E-state index in [4.69, 9.17) is 0 Å². The average Bonchev–Trinajstić information content (AvgIpc) is 2.40. The highest BCUT2D eigenvalue weighted by Gasteiger charge is 2.16. The van der Waals surface area contributed by atoms with Crippen molar-refractivity contribution in [1.29, 1.82) is 0 Å². The van der Waals surface area contributed by atoms with Gasteiger partial charge < -0.3 is 15.7 Å². The van der Waals surface area contributed by atoms with Crippen molar-refractivity contribution in [3.63, 3.8) is 0 Å². The summed E-state index contributed by atoms with van der Waals surface area (Å²) in [5.74, 6) is 0.403. The topological polar surface area (TPSA) is 61.4 Å². The Morgan fingerprint density at radius 2 is 2.17 bits per heavy atom. The largest absolute Gasteiger partial charge is 0.507 e. The van der Waals surface area contributed by atoms with E-state index in [0.29, 0.717) is 18.0 Å². The first-order chi connectivity index (χ1) is 8.66. The van der Waals surface area contributed by atoms with E-state index in [9.17, 15) is 9.90 Å². The van der Waals surface area contributed by atoms with Gasteiger partial charge in [-0.25, -0.2) is 0 Å². The van der Waals surface area contributed by atoms with Gasteiger partial charge in [-0.1, -0.05) is 11.6 Å². The smallest absolute Gasteiger partial charge is 0.255 e. The van der Waals surface area contributed by atoms with Crippen LogP contribution in [0.1, 0.15) is 28.8 Å². The lowest BCUT2D eigenvalue weighted by Gasteiger charge is -2.22. The summed E-state index contributed by atoms with van der Waals surface area (Å²) in [6.07, 6.45) is 2.19. The van der Waals surface area contributed by atoms with Gasteiger partial charge in [-0.2, -0.15) is 0 Å². The molecule has 1 aromatic rings. The Kier molecular flexibility index (Phi) is 4.20. The maximum Gasteiger partial charge on any atom is 0.255 e. The molecule has 1 aliphatic heterocycles. The Bertz CT molecular complexity index is 426. The van der Waals surface area contributed by atoms with E-state index in [1.165, 1.54) is 0 Å². The first kappa shape index (κ1) is 12.9. The van der Waals surface area contributed by atoms with Gasteiger partial charge in [0.15, 0.2) is 0 Å². The second-order valence-electron chi connectivity index (χ2n) is 4.92. The molecule has 0 aliphatic carbocycles. The Labute approximate surface area is 107 Å². The molecule has 4 nitrogen and oxygen atoms in total. The molecule has 4 heteroatoms. The van der Waals surface area contributed by atoms with Crippen molar-refractivity contribution < 1.29 is 9.90 Å². The Balaban J connectivity index is 1.92. The van der Waals surface area contributed by atoms with Gasteiger partial charge in [0.25, 0.3) is 5.91 Å². The van der Waals surface area contributed by atoms with Gasteiger partial charge in [0, 0.05) is 6.54 Å². The second kappa shape index (κ2) is 5.87. The molecule has 0 saturated carbocycles. The number of hydrogen-bond acceptors (Lipinski definition) is 3. The Morgan fingerprint density at radius 1 is 1.44 bits per heavy atom. The molecule has 0 bridgehead atoms. The van der Waals surface area contributed by atoms with Crippen molar-refractivity contribution in [2.75, 3.05) is 19.6 Å². The molecule has 0 spiro atoms. The standard InChI is InChI=1S/C14H20N2O2/c1-10-2-3-13(17)12(8-10)14(18)16-9-11-4-6-15-7-5-11/h2-3,8,11,15,17H,4-7,9H2,1H3,(H,16,18). The van der Waals surface area contributed by atoms with Crippen LogP contribution in [0.25, 0.3) is 0 Å². The number of nitrogens with one attached hydrogen (secondary N) is 2. The minimum atomic E-state index is -0.185. The molecule has 0 unspecified atom stereocenters. The van der Waals surface area contributed by atoms with Crippen LogP contribution in [0, 0.1) is 12.8 Å².